The lowest BCUT2D eigenvalue weighted by molar-refractivity contribution is 0.0360. The molecule has 17 heavy (non-hydrogen) atoms. The number of thioether (sulfide) groups is 1. The summed E-state index contributed by atoms with van der Waals surface area (Å²) >= 11 is 7.59. The Morgan fingerprint density at radius 2 is 2.00 bits per heavy atom. The van der Waals surface area contributed by atoms with E-state index in [1.807, 2.05) is 31.2 Å². The monoisotopic (exact) mass is 273 g/mol. The fourth-order valence-corrected chi connectivity index (χ4v) is 2.52. The van der Waals surface area contributed by atoms with Crippen LogP contribution in [0.4, 0.5) is 0 Å². The first kappa shape index (κ1) is 14.8. The van der Waals surface area contributed by atoms with E-state index < -0.39 is 5.60 Å². The molecular weight excluding hydrogens is 254 g/mol. The van der Waals surface area contributed by atoms with Crippen molar-refractivity contribution >= 4 is 23.4 Å². The fraction of sp³-hybridized carbons (Fsp3) is 0.538. The van der Waals surface area contributed by atoms with Crippen molar-refractivity contribution in [2.45, 2.75) is 36.7 Å². The summed E-state index contributed by atoms with van der Waals surface area (Å²) in [6.07, 6.45) is 2.45. The molecule has 3 N–H and O–H groups in total. The standard InChI is InChI=1S/C13H20ClNOS/c1-2-13(16,10-15)8-3-9-17-12-6-4-11(14)5-7-12/h4-7,16H,2-3,8-10,15H2,1H3. The maximum Gasteiger partial charge on any atom is 0.0767 e. The minimum absolute atomic E-state index is 0.342. The minimum Gasteiger partial charge on any atom is -0.389 e. The van der Waals surface area contributed by atoms with Crippen molar-refractivity contribution in [2.24, 2.45) is 5.73 Å². The van der Waals surface area contributed by atoms with Crippen molar-refractivity contribution in [1.82, 2.24) is 0 Å². The van der Waals surface area contributed by atoms with Gasteiger partial charge >= 0.3 is 0 Å². The van der Waals surface area contributed by atoms with Gasteiger partial charge in [0.25, 0.3) is 0 Å². The lowest BCUT2D eigenvalue weighted by Crippen LogP contribution is -2.36. The van der Waals surface area contributed by atoms with Gasteiger partial charge in [-0.15, -0.1) is 11.8 Å². The van der Waals surface area contributed by atoms with E-state index in [4.69, 9.17) is 17.3 Å². The number of aliphatic hydroxyl groups is 1. The molecule has 2 nitrogen and oxygen atoms in total. The summed E-state index contributed by atoms with van der Waals surface area (Å²) < 4.78 is 0. The van der Waals surface area contributed by atoms with E-state index in [0.717, 1.165) is 30.0 Å². The zero-order chi connectivity index (χ0) is 12.7. The lowest BCUT2D eigenvalue weighted by Gasteiger charge is -2.24. The molecule has 1 aromatic carbocycles. The van der Waals surface area contributed by atoms with Crippen molar-refractivity contribution in [3.63, 3.8) is 0 Å². The Labute approximate surface area is 113 Å². The summed E-state index contributed by atoms with van der Waals surface area (Å²) in [5, 5.41) is 10.8. The largest absolute Gasteiger partial charge is 0.389 e. The van der Waals surface area contributed by atoms with Crippen LogP contribution in [0.2, 0.25) is 5.02 Å². The van der Waals surface area contributed by atoms with Gasteiger partial charge in [-0.3, -0.25) is 0 Å². The van der Waals surface area contributed by atoms with Crippen LogP contribution in [0.3, 0.4) is 0 Å². The Morgan fingerprint density at radius 3 is 2.53 bits per heavy atom. The zero-order valence-corrected chi connectivity index (χ0v) is 11.7. The summed E-state index contributed by atoms with van der Waals surface area (Å²) in [6, 6.07) is 7.82. The van der Waals surface area contributed by atoms with Crippen LogP contribution in [-0.4, -0.2) is 23.0 Å². The van der Waals surface area contributed by atoms with E-state index in [2.05, 4.69) is 0 Å². The van der Waals surface area contributed by atoms with Crippen molar-refractivity contribution < 1.29 is 5.11 Å². The van der Waals surface area contributed by atoms with Crippen molar-refractivity contribution in [2.75, 3.05) is 12.3 Å². The molecule has 0 aliphatic carbocycles. The third-order valence-electron chi connectivity index (χ3n) is 2.91. The molecule has 0 bridgehead atoms. The minimum atomic E-state index is -0.680. The highest BCUT2D eigenvalue weighted by Gasteiger charge is 2.21. The van der Waals surface area contributed by atoms with Gasteiger partial charge in [-0.2, -0.15) is 0 Å². The smallest absolute Gasteiger partial charge is 0.0767 e. The van der Waals surface area contributed by atoms with Crippen LogP contribution in [0.25, 0.3) is 0 Å². The summed E-state index contributed by atoms with van der Waals surface area (Å²) in [5.41, 5.74) is 4.88. The Kier molecular flexibility index (Phi) is 6.34. The third-order valence-corrected chi connectivity index (χ3v) is 4.26. The summed E-state index contributed by atoms with van der Waals surface area (Å²) in [6.45, 7) is 2.31. The summed E-state index contributed by atoms with van der Waals surface area (Å²) in [7, 11) is 0. The molecule has 0 fully saturated rings. The topological polar surface area (TPSA) is 46.2 Å². The number of nitrogens with two attached hydrogens (primary N) is 1. The van der Waals surface area contributed by atoms with Crippen LogP contribution in [0.1, 0.15) is 26.2 Å². The van der Waals surface area contributed by atoms with E-state index in [-0.39, 0.29) is 0 Å². The Bertz CT molecular complexity index is 325. The number of rotatable bonds is 7. The van der Waals surface area contributed by atoms with Crippen LogP contribution in [-0.2, 0) is 0 Å². The highest BCUT2D eigenvalue weighted by atomic mass is 35.5. The van der Waals surface area contributed by atoms with E-state index in [0.29, 0.717) is 6.54 Å². The van der Waals surface area contributed by atoms with Gasteiger partial charge in [-0.25, -0.2) is 0 Å². The summed E-state index contributed by atoms with van der Waals surface area (Å²) in [4.78, 5) is 1.21. The van der Waals surface area contributed by atoms with E-state index in [9.17, 15) is 5.11 Å². The SMILES string of the molecule is CCC(O)(CN)CCCSc1ccc(Cl)cc1. The number of hydrogen-bond donors (Lipinski definition) is 2. The van der Waals surface area contributed by atoms with Crippen LogP contribution in [0, 0.1) is 0 Å². The van der Waals surface area contributed by atoms with Crippen LogP contribution in [0.5, 0.6) is 0 Å². The molecule has 0 spiro atoms. The molecule has 0 amide bonds. The van der Waals surface area contributed by atoms with Gasteiger partial charge in [0.05, 0.1) is 5.60 Å². The maximum atomic E-state index is 10.0. The second-order valence-electron chi connectivity index (χ2n) is 4.19. The number of benzene rings is 1. The molecule has 0 aliphatic heterocycles. The van der Waals surface area contributed by atoms with Gasteiger partial charge in [0.2, 0.25) is 0 Å². The normalized spacial score (nSPS) is 14.6. The highest BCUT2D eigenvalue weighted by Crippen LogP contribution is 2.23. The van der Waals surface area contributed by atoms with Gasteiger partial charge in [-0.05, 0) is 49.3 Å². The Morgan fingerprint density at radius 1 is 1.35 bits per heavy atom. The molecule has 4 heteroatoms. The molecular formula is C13H20ClNOS. The molecule has 0 radical (unpaired) electrons. The van der Waals surface area contributed by atoms with Crippen LogP contribution < -0.4 is 5.73 Å². The predicted molar refractivity (Wildman–Crippen MR) is 75.7 cm³/mol. The van der Waals surface area contributed by atoms with Crippen molar-refractivity contribution in [1.29, 1.82) is 0 Å². The fourth-order valence-electron chi connectivity index (χ4n) is 1.55. The highest BCUT2D eigenvalue weighted by molar-refractivity contribution is 7.99. The zero-order valence-electron chi connectivity index (χ0n) is 10.2. The van der Waals surface area contributed by atoms with E-state index >= 15 is 0 Å². The number of hydrogen-bond acceptors (Lipinski definition) is 3. The first-order valence-electron chi connectivity index (χ1n) is 5.90. The van der Waals surface area contributed by atoms with Crippen LogP contribution >= 0.6 is 23.4 Å². The second kappa shape index (κ2) is 7.27. The van der Waals surface area contributed by atoms with Gasteiger partial charge in [0.1, 0.15) is 0 Å². The van der Waals surface area contributed by atoms with Crippen LogP contribution in [0.15, 0.2) is 29.2 Å². The molecule has 0 heterocycles. The molecule has 1 rings (SSSR count). The molecule has 0 aliphatic rings. The quantitative estimate of drug-likeness (QED) is 0.592. The van der Waals surface area contributed by atoms with Gasteiger partial charge in [0.15, 0.2) is 0 Å². The lowest BCUT2D eigenvalue weighted by atomic mass is 9.95. The molecule has 1 atom stereocenters. The summed E-state index contributed by atoms with van der Waals surface area (Å²) in [5.74, 6) is 0.990. The molecule has 96 valence electrons. The average Bonchev–Trinajstić information content (AvgIpc) is 2.36. The van der Waals surface area contributed by atoms with Gasteiger partial charge in [-0.1, -0.05) is 18.5 Å². The van der Waals surface area contributed by atoms with Crippen molar-refractivity contribution in [3.8, 4) is 0 Å². The molecule has 0 aromatic heterocycles. The average molecular weight is 274 g/mol. The number of halogens is 1. The van der Waals surface area contributed by atoms with E-state index in [1.165, 1.54) is 4.90 Å². The van der Waals surface area contributed by atoms with Gasteiger partial charge in [0, 0.05) is 16.5 Å². The molecule has 1 unspecified atom stereocenters. The van der Waals surface area contributed by atoms with Crippen molar-refractivity contribution in [3.05, 3.63) is 29.3 Å². The molecule has 0 saturated heterocycles. The Balaban J connectivity index is 2.26. The predicted octanol–water partition coefficient (Wildman–Crippen LogP) is 3.31. The maximum absolute atomic E-state index is 10.0. The molecule has 0 saturated carbocycles. The first-order chi connectivity index (χ1) is 8.09. The molecule has 1 aromatic rings. The first-order valence-corrected chi connectivity index (χ1v) is 7.27. The Hall–Kier alpha value is -0.220. The third kappa shape index (κ3) is 5.30. The second-order valence-corrected chi connectivity index (χ2v) is 5.79. The van der Waals surface area contributed by atoms with E-state index in [1.54, 1.807) is 11.8 Å². The van der Waals surface area contributed by atoms with Gasteiger partial charge < -0.3 is 10.8 Å².